The summed E-state index contributed by atoms with van der Waals surface area (Å²) in [7, 11) is 0. The number of para-hydroxylation sites is 1. The van der Waals surface area contributed by atoms with Gasteiger partial charge in [0.25, 0.3) is 5.91 Å². The van der Waals surface area contributed by atoms with Gasteiger partial charge in [-0.25, -0.2) is 14.1 Å². The van der Waals surface area contributed by atoms with Crippen molar-refractivity contribution in [3.63, 3.8) is 0 Å². The summed E-state index contributed by atoms with van der Waals surface area (Å²) in [6, 6.07) is 15.3. The first-order valence-electron chi connectivity index (χ1n) is 9.41. The van der Waals surface area contributed by atoms with Crippen molar-refractivity contribution in [1.82, 2.24) is 14.4 Å². The van der Waals surface area contributed by atoms with Crippen molar-refractivity contribution in [3.05, 3.63) is 71.2 Å². The molecule has 1 aromatic heterocycles. The number of aromatic nitrogens is 1. The summed E-state index contributed by atoms with van der Waals surface area (Å²) in [5.74, 6) is -0.590. The molecule has 0 spiro atoms. The minimum atomic E-state index is -0.562. The first-order chi connectivity index (χ1) is 14.1. The molecule has 1 fully saturated rings. The standard InChI is InChI=1S/C22H17FN4O2/c23-15-7-5-14(6-8-15)12-26-18-4-2-1-3-16(18)17-11-19-21(28)25(10-9-24)22(29)27(19)13-20(17)26/h1-8,19H,10-13H2. The van der Waals surface area contributed by atoms with Gasteiger partial charge in [0.2, 0.25) is 0 Å². The molecule has 3 heterocycles. The molecular weight excluding hydrogens is 371 g/mol. The highest BCUT2D eigenvalue weighted by Gasteiger charge is 2.48. The van der Waals surface area contributed by atoms with E-state index < -0.39 is 12.1 Å². The molecule has 2 aromatic carbocycles. The largest absolute Gasteiger partial charge is 0.338 e. The lowest BCUT2D eigenvalue weighted by molar-refractivity contribution is -0.128. The topological polar surface area (TPSA) is 69.3 Å². The number of nitriles is 1. The van der Waals surface area contributed by atoms with Crippen molar-refractivity contribution in [1.29, 1.82) is 5.26 Å². The van der Waals surface area contributed by atoms with E-state index in [2.05, 4.69) is 4.57 Å². The van der Waals surface area contributed by atoms with Gasteiger partial charge >= 0.3 is 6.03 Å². The van der Waals surface area contributed by atoms with E-state index in [0.29, 0.717) is 19.5 Å². The van der Waals surface area contributed by atoms with Crippen molar-refractivity contribution in [2.75, 3.05) is 6.54 Å². The van der Waals surface area contributed by atoms with E-state index in [-0.39, 0.29) is 18.3 Å². The number of amides is 3. The van der Waals surface area contributed by atoms with Crippen LogP contribution in [0.1, 0.15) is 16.8 Å². The second-order valence-electron chi connectivity index (χ2n) is 7.37. The highest BCUT2D eigenvalue weighted by molar-refractivity contribution is 6.05. The van der Waals surface area contributed by atoms with E-state index >= 15 is 0 Å². The van der Waals surface area contributed by atoms with E-state index in [0.717, 1.165) is 32.6 Å². The minimum absolute atomic E-state index is 0.231. The van der Waals surface area contributed by atoms with Crippen molar-refractivity contribution in [2.24, 2.45) is 0 Å². The monoisotopic (exact) mass is 388 g/mol. The van der Waals surface area contributed by atoms with Gasteiger partial charge in [0.05, 0.1) is 12.6 Å². The predicted molar refractivity (Wildman–Crippen MR) is 103 cm³/mol. The lowest BCUT2D eigenvalue weighted by atomic mass is 9.97. The molecule has 1 atom stereocenters. The number of rotatable bonds is 3. The van der Waals surface area contributed by atoms with Gasteiger partial charge in [0, 0.05) is 29.6 Å². The van der Waals surface area contributed by atoms with Crippen molar-refractivity contribution in [2.45, 2.75) is 25.6 Å². The summed E-state index contributed by atoms with van der Waals surface area (Å²) in [5.41, 5.74) is 4.01. The zero-order valence-electron chi connectivity index (χ0n) is 15.5. The van der Waals surface area contributed by atoms with Gasteiger partial charge in [0.1, 0.15) is 18.4 Å². The van der Waals surface area contributed by atoms with Crippen LogP contribution in [0.4, 0.5) is 9.18 Å². The Morgan fingerprint density at radius 2 is 1.86 bits per heavy atom. The van der Waals surface area contributed by atoms with Crippen molar-refractivity contribution >= 4 is 22.8 Å². The Bertz CT molecular complexity index is 1190. The molecule has 1 unspecified atom stereocenters. The number of benzene rings is 2. The quantitative estimate of drug-likeness (QED) is 0.512. The van der Waals surface area contributed by atoms with Gasteiger partial charge in [-0.3, -0.25) is 4.79 Å². The number of carbonyl (C=O) groups is 2. The third-order valence-electron chi connectivity index (χ3n) is 5.80. The number of halogens is 1. The number of nitrogens with zero attached hydrogens (tertiary/aromatic N) is 4. The lowest BCUT2D eigenvalue weighted by Crippen LogP contribution is -2.40. The summed E-state index contributed by atoms with van der Waals surface area (Å²) < 4.78 is 15.4. The molecule has 0 saturated carbocycles. The molecule has 0 aliphatic carbocycles. The fraction of sp³-hybridized carbons (Fsp3) is 0.227. The van der Waals surface area contributed by atoms with E-state index in [4.69, 9.17) is 5.26 Å². The van der Waals surface area contributed by atoms with E-state index in [1.165, 1.54) is 12.1 Å². The number of imide groups is 1. The molecule has 0 N–H and O–H groups in total. The summed E-state index contributed by atoms with van der Waals surface area (Å²) in [6.07, 6.45) is 0.429. The maximum Gasteiger partial charge on any atom is 0.328 e. The lowest BCUT2D eigenvalue weighted by Gasteiger charge is -2.28. The van der Waals surface area contributed by atoms with Crippen LogP contribution in [0.15, 0.2) is 48.5 Å². The Kier molecular flexibility index (Phi) is 3.88. The normalized spacial score (nSPS) is 18.1. The Balaban J connectivity index is 1.60. The molecule has 2 aliphatic rings. The van der Waals surface area contributed by atoms with Crippen LogP contribution in [0.3, 0.4) is 0 Å². The summed E-state index contributed by atoms with van der Waals surface area (Å²) in [5, 5.41) is 10.0. The number of urea groups is 1. The van der Waals surface area contributed by atoms with Crippen LogP contribution in [0.5, 0.6) is 0 Å². The third-order valence-corrected chi connectivity index (χ3v) is 5.80. The molecule has 2 aliphatic heterocycles. The maximum atomic E-state index is 13.3. The molecule has 7 heteroatoms. The second kappa shape index (κ2) is 6.45. The number of hydrogen-bond donors (Lipinski definition) is 0. The molecule has 0 bridgehead atoms. The van der Waals surface area contributed by atoms with Crippen LogP contribution in [-0.2, 0) is 24.3 Å². The fourth-order valence-electron chi connectivity index (χ4n) is 4.43. The van der Waals surface area contributed by atoms with Gasteiger partial charge in [-0.15, -0.1) is 0 Å². The van der Waals surface area contributed by atoms with Gasteiger partial charge in [0.15, 0.2) is 0 Å². The summed E-state index contributed by atoms with van der Waals surface area (Å²) in [6.45, 7) is 0.617. The SMILES string of the molecule is N#CCN1C(=O)C2Cc3c(n(Cc4ccc(F)cc4)c4ccccc34)CN2C1=O. The third kappa shape index (κ3) is 2.60. The Morgan fingerprint density at radius 3 is 2.62 bits per heavy atom. The van der Waals surface area contributed by atoms with Gasteiger partial charge in [-0.05, 0) is 29.3 Å². The van der Waals surface area contributed by atoms with Crippen LogP contribution >= 0.6 is 0 Å². The number of carbonyl (C=O) groups excluding carboxylic acids is 2. The fourth-order valence-corrected chi connectivity index (χ4v) is 4.43. The molecule has 1 saturated heterocycles. The summed E-state index contributed by atoms with van der Waals surface area (Å²) in [4.78, 5) is 28.0. The highest BCUT2D eigenvalue weighted by atomic mass is 19.1. The first kappa shape index (κ1) is 17.4. The molecule has 5 rings (SSSR count). The van der Waals surface area contributed by atoms with Gasteiger partial charge < -0.3 is 9.47 Å². The molecular formula is C22H17FN4O2. The second-order valence-corrected chi connectivity index (χ2v) is 7.37. The highest BCUT2D eigenvalue weighted by Crippen LogP contribution is 2.36. The average molecular weight is 388 g/mol. The molecule has 144 valence electrons. The van der Waals surface area contributed by atoms with E-state index in [9.17, 15) is 14.0 Å². The zero-order valence-corrected chi connectivity index (χ0v) is 15.5. The Morgan fingerprint density at radius 1 is 1.10 bits per heavy atom. The predicted octanol–water partition coefficient (Wildman–Crippen LogP) is 3.04. The van der Waals surface area contributed by atoms with Gasteiger partial charge in [-0.1, -0.05) is 30.3 Å². The van der Waals surface area contributed by atoms with Crippen LogP contribution in [0, 0.1) is 17.1 Å². The Labute approximate surface area is 166 Å². The van der Waals surface area contributed by atoms with E-state index in [1.54, 1.807) is 17.0 Å². The molecule has 3 aromatic rings. The first-order valence-corrected chi connectivity index (χ1v) is 9.41. The van der Waals surface area contributed by atoms with Crippen LogP contribution in [0.2, 0.25) is 0 Å². The number of fused-ring (bicyclic) bond motifs is 4. The summed E-state index contributed by atoms with van der Waals surface area (Å²) >= 11 is 0. The molecule has 3 amide bonds. The van der Waals surface area contributed by atoms with Crippen LogP contribution in [-0.4, -0.2) is 38.9 Å². The van der Waals surface area contributed by atoms with Crippen molar-refractivity contribution < 1.29 is 14.0 Å². The maximum absolute atomic E-state index is 13.3. The average Bonchev–Trinajstić information content (AvgIpc) is 3.16. The van der Waals surface area contributed by atoms with Crippen molar-refractivity contribution in [3.8, 4) is 6.07 Å². The van der Waals surface area contributed by atoms with Gasteiger partial charge in [-0.2, -0.15) is 5.26 Å². The van der Waals surface area contributed by atoms with Crippen LogP contribution in [0.25, 0.3) is 10.9 Å². The number of hydrogen-bond acceptors (Lipinski definition) is 3. The van der Waals surface area contributed by atoms with E-state index in [1.807, 2.05) is 30.3 Å². The molecule has 6 nitrogen and oxygen atoms in total. The Hall–Kier alpha value is -3.66. The molecule has 29 heavy (non-hydrogen) atoms. The molecule has 0 radical (unpaired) electrons. The zero-order chi connectivity index (χ0) is 20.1. The van der Waals surface area contributed by atoms with Crippen LogP contribution < -0.4 is 0 Å². The minimum Gasteiger partial charge on any atom is -0.338 e. The smallest absolute Gasteiger partial charge is 0.328 e.